The number of rotatable bonds is 4. The maximum Gasteiger partial charge on any atom is 0.245 e. The SMILES string of the molecule is CNC(=O)/C=C(\C)NC1N=C2C(=CN1C)[C@@]1(C)COC(C)(C)CC1[N+]2(C)c1cccc(N)n1. The molecule has 33 heavy (non-hydrogen) atoms. The van der Waals surface area contributed by atoms with E-state index >= 15 is 0 Å². The number of fused-ring (bicyclic) bond motifs is 3. The summed E-state index contributed by atoms with van der Waals surface area (Å²) in [5, 5.41) is 5.98. The van der Waals surface area contributed by atoms with E-state index in [1.54, 1.807) is 7.05 Å². The second-order valence-electron chi connectivity index (χ2n) is 10.3. The standard InChI is InChI=1S/C24H35N7O2/c1-15(11-20(32)26-5)27-22-29-21-16(13-30(22)6)24(4)14-33-23(2,3)12-17(24)31(21,7)19-10-8-9-18(25)28-19/h8-11,13,17,22H,12,14H2,1-7H3,(H3-,25,26,27,28,32)/p+1/t17?,22?,24-,31?/m1/s1. The number of hydrogen-bond donors (Lipinski definition) is 3. The lowest BCUT2D eigenvalue weighted by atomic mass is 9.73. The molecule has 1 amide bonds. The minimum atomic E-state index is -0.360. The van der Waals surface area contributed by atoms with Crippen molar-refractivity contribution in [1.82, 2.24) is 25.0 Å². The molecule has 4 N–H and O–H groups in total. The zero-order valence-electron chi connectivity index (χ0n) is 20.6. The van der Waals surface area contributed by atoms with Crippen LogP contribution >= 0.6 is 0 Å². The number of quaternary nitrogens is 1. The number of nitrogen functional groups attached to an aromatic ring is 1. The summed E-state index contributed by atoms with van der Waals surface area (Å²) in [6.07, 6.45) is 4.19. The van der Waals surface area contributed by atoms with E-state index in [-0.39, 0.29) is 29.3 Å². The predicted molar refractivity (Wildman–Crippen MR) is 131 cm³/mol. The van der Waals surface area contributed by atoms with Gasteiger partial charge in [-0.05, 0) is 33.8 Å². The molecule has 9 nitrogen and oxygen atoms in total. The maximum atomic E-state index is 11.8. The summed E-state index contributed by atoms with van der Waals surface area (Å²) in [7, 11) is 5.78. The molecule has 3 aliphatic rings. The van der Waals surface area contributed by atoms with Crippen molar-refractivity contribution in [1.29, 1.82) is 0 Å². The molecule has 4 heterocycles. The molecule has 0 bridgehead atoms. The van der Waals surface area contributed by atoms with Crippen LogP contribution in [-0.2, 0) is 9.53 Å². The van der Waals surface area contributed by atoms with E-state index in [4.69, 9.17) is 20.4 Å². The van der Waals surface area contributed by atoms with E-state index in [1.165, 1.54) is 6.08 Å². The topological polar surface area (TPSA) is 105 Å². The van der Waals surface area contributed by atoms with Gasteiger partial charge in [-0.1, -0.05) is 6.07 Å². The summed E-state index contributed by atoms with van der Waals surface area (Å²) in [4.78, 5) is 23.8. The van der Waals surface area contributed by atoms with E-state index in [2.05, 4.69) is 44.7 Å². The molecule has 0 radical (unpaired) electrons. The van der Waals surface area contributed by atoms with Gasteiger partial charge < -0.3 is 26.0 Å². The van der Waals surface area contributed by atoms with Crippen molar-refractivity contribution in [3.8, 4) is 0 Å². The van der Waals surface area contributed by atoms with Gasteiger partial charge in [0, 0.05) is 44.6 Å². The first kappa shape index (κ1) is 23.3. The number of nitrogens with two attached hydrogens (primary N) is 1. The molecular weight excluding hydrogens is 418 g/mol. The molecule has 9 heteroatoms. The predicted octanol–water partition coefficient (Wildman–Crippen LogP) is 1.94. The van der Waals surface area contributed by atoms with Crippen LogP contribution in [0.15, 0.2) is 46.7 Å². The minimum Gasteiger partial charge on any atom is -0.384 e. The van der Waals surface area contributed by atoms with Gasteiger partial charge in [0.1, 0.15) is 11.9 Å². The molecule has 2 saturated heterocycles. The Labute approximate surface area is 196 Å². The third-order valence-corrected chi connectivity index (χ3v) is 7.25. The highest BCUT2D eigenvalue weighted by atomic mass is 16.5. The number of ether oxygens (including phenoxy) is 1. The van der Waals surface area contributed by atoms with Crippen LogP contribution < -0.4 is 20.9 Å². The van der Waals surface area contributed by atoms with Crippen molar-refractivity contribution in [2.24, 2.45) is 10.4 Å². The molecule has 4 atom stereocenters. The molecule has 1 aromatic heterocycles. The number of carbonyl (C=O) groups excluding carboxylic acids is 1. The Hall–Kier alpha value is -2.91. The fraction of sp³-hybridized carbons (Fsp3) is 0.542. The number of allylic oxidation sites excluding steroid dienone is 1. The number of pyridine rings is 1. The van der Waals surface area contributed by atoms with Crippen molar-refractivity contribution in [3.63, 3.8) is 0 Å². The Kier molecular flexibility index (Phi) is 5.53. The zero-order valence-corrected chi connectivity index (χ0v) is 20.6. The van der Waals surface area contributed by atoms with Gasteiger partial charge in [-0.25, -0.2) is 4.48 Å². The van der Waals surface area contributed by atoms with Crippen LogP contribution in [0.5, 0.6) is 0 Å². The van der Waals surface area contributed by atoms with Crippen LogP contribution in [0.3, 0.4) is 0 Å². The number of carbonyl (C=O) groups is 1. The van der Waals surface area contributed by atoms with Gasteiger partial charge in [0.25, 0.3) is 0 Å². The van der Waals surface area contributed by atoms with Gasteiger partial charge in [-0.3, -0.25) is 4.79 Å². The zero-order chi connectivity index (χ0) is 24.2. The van der Waals surface area contributed by atoms with Crippen LogP contribution in [0, 0.1) is 5.41 Å². The van der Waals surface area contributed by atoms with Gasteiger partial charge in [0.15, 0.2) is 0 Å². The third kappa shape index (κ3) is 3.79. The van der Waals surface area contributed by atoms with E-state index in [1.807, 2.05) is 37.1 Å². The molecule has 2 fully saturated rings. The van der Waals surface area contributed by atoms with E-state index < -0.39 is 0 Å². The first-order chi connectivity index (χ1) is 15.4. The molecule has 1 aromatic rings. The molecule has 3 unspecified atom stereocenters. The Balaban J connectivity index is 1.84. The van der Waals surface area contributed by atoms with Gasteiger partial charge in [-0.2, -0.15) is 9.98 Å². The third-order valence-electron chi connectivity index (χ3n) is 7.25. The van der Waals surface area contributed by atoms with Crippen molar-refractivity contribution in [3.05, 3.63) is 41.7 Å². The van der Waals surface area contributed by atoms with Crippen LogP contribution in [0.25, 0.3) is 0 Å². The number of hydrogen-bond acceptors (Lipinski definition) is 7. The molecule has 4 rings (SSSR count). The lowest BCUT2D eigenvalue weighted by Gasteiger charge is -2.46. The highest BCUT2D eigenvalue weighted by Gasteiger charge is 2.67. The fourth-order valence-corrected chi connectivity index (χ4v) is 5.34. The largest absolute Gasteiger partial charge is 0.384 e. The molecule has 3 aliphatic heterocycles. The van der Waals surface area contributed by atoms with Crippen molar-refractivity contribution >= 4 is 23.4 Å². The van der Waals surface area contributed by atoms with Crippen LogP contribution in [0.1, 0.15) is 34.1 Å². The number of aromatic nitrogens is 1. The maximum absolute atomic E-state index is 11.8. The lowest BCUT2D eigenvalue weighted by molar-refractivity contribution is -0.116. The molecule has 0 aliphatic carbocycles. The summed E-state index contributed by atoms with van der Waals surface area (Å²) >= 11 is 0. The van der Waals surface area contributed by atoms with Gasteiger partial charge in [-0.15, -0.1) is 0 Å². The second-order valence-corrected chi connectivity index (χ2v) is 10.3. The Bertz CT molecular complexity index is 1060. The van der Waals surface area contributed by atoms with E-state index in [0.29, 0.717) is 16.9 Å². The van der Waals surface area contributed by atoms with Crippen molar-refractivity contribution in [2.45, 2.75) is 52.0 Å². The number of anilines is 1. The molecule has 178 valence electrons. The number of nitrogens with one attached hydrogen (secondary N) is 2. The first-order valence-electron chi connectivity index (χ1n) is 11.3. The fourth-order valence-electron chi connectivity index (χ4n) is 5.34. The van der Waals surface area contributed by atoms with E-state index in [9.17, 15) is 4.79 Å². The Morgan fingerprint density at radius 1 is 1.36 bits per heavy atom. The summed E-state index contributed by atoms with van der Waals surface area (Å²) in [5.41, 5.74) is 7.51. The molecule has 0 saturated carbocycles. The quantitative estimate of drug-likeness (QED) is 0.474. The molecule has 0 aromatic carbocycles. The average molecular weight is 455 g/mol. The monoisotopic (exact) mass is 454 g/mol. The Morgan fingerprint density at radius 3 is 2.76 bits per heavy atom. The van der Waals surface area contributed by atoms with Crippen molar-refractivity contribution < 1.29 is 9.53 Å². The van der Waals surface area contributed by atoms with Gasteiger partial charge >= 0.3 is 0 Å². The number of amides is 1. The Morgan fingerprint density at radius 2 is 2.09 bits per heavy atom. The number of aliphatic imine (C=N–C) groups is 1. The number of amidine groups is 1. The molecule has 0 spiro atoms. The normalized spacial score (nSPS) is 32.9. The summed E-state index contributed by atoms with van der Waals surface area (Å²) < 4.78 is 6.78. The highest BCUT2D eigenvalue weighted by molar-refractivity contribution is 6.10. The van der Waals surface area contributed by atoms with Gasteiger partial charge in [0.2, 0.25) is 23.9 Å². The summed E-state index contributed by atoms with van der Waals surface area (Å²) in [5.74, 6) is 2.15. The minimum absolute atomic E-state index is 0.161. The average Bonchev–Trinajstić information content (AvgIpc) is 2.93. The van der Waals surface area contributed by atoms with Gasteiger partial charge in [0.05, 0.1) is 30.2 Å². The van der Waals surface area contributed by atoms with Crippen LogP contribution in [-0.4, -0.2) is 67.3 Å². The summed E-state index contributed by atoms with van der Waals surface area (Å²) in [6, 6.07) is 5.97. The first-order valence-corrected chi connectivity index (χ1v) is 11.3. The summed E-state index contributed by atoms with van der Waals surface area (Å²) in [6.45, 7) is 9.02. The molecular formula is C24H36N7O2+. The highest BCUT2D eigenvalue weighted by Crippen LogP contribution is 2.55. The van der Waals surface area contributed by atoms with Crippen LogP contribution in [0.2, 0.25) is 0 Å². The van der Waals surface area contributed by atoms with Crippen molar-refractivity contribution in [2.75, 3.05) is 33.5 Å². The number of nitrogens with zero attached hydrogens (tertiary/aromatic N) is 4. The lowest BCUT2D eigenvalue weighted by Crippen LogP contribution is -2.61. The number of likely N-dealkylation sites (tertiary alicyclic amines) is 1. The van der Waals surface area contributed by atoms with Crippen LogP contribution in [0.4, 0.5) is 11.6 Å². The number of likely N-dealkylation sites (N-methyl/N-ethyl adjacent to an activating group) is 2. The smallest absolute Gasteiger partial charge is 0.245 e. The second kappa shape index (κ2) is 7.85. The van der Waals surface area contributed by atoms with E-state index in [0.717, 1.165) is 29.3 Å².